The van der Waals surface area contributed by atoms with Crippen LogP contribution in [0.5, 0.6) is 0 Å². The van der Waals surface area contributed by atoms with Crippen LogP contribution >= 0.6 is 11.6 Å². The summed E-state index contributed by atoms with van der Waals surface area (Å²) in [6.45, 7) is 2.72. The molecule has 0 saturated carbocycles. The Balaban J connectivity index is 1.69. The van der Waals surface area contributed by atoms with E-state index in [2.05, 4.69) is 37.3 Å². The van der Waals surface area contributed by atoms with Crippen LogP contribution in [0.1, 0.15) is 0 Å². The number of rotatable bonds is 5. The number of aryl methyl sites for hydroxylation is 1. The third-order valence-electron chi connectivity index (χ3n) is 4.99. The van der Waals surface area contributed by atoms with Gasteiger partial charge in [0, 0.05) is 32.5 Å². The van der Waals surface area contributed by atoms with Gasteiger partial charge in [0.05, 0.1) is 34.3 Å². The number of anilines is 3. The smallest absolute Gasteiger partial charge is 0.364 e. The third kappa shape index (κ3) is 4.15. The van der Waals surface area contributed by atoms with Crippen molar-refractivity contribution in [1.82, 2.24) is 29.6 Å². The van der Waals surface area contributed by atoms with E-state index in [4.69, 9.17) is 11.6 Å². The van der Waals surface area contributed by atoms with Crippen molar-refractivity contribution in [3.8, 4) is 0 Å². The summed E-state index contributed by atoms with van der Waals surface area (Å²) < 4.78 is 42.6. The number of halogens is 4. The molecular formula is C18H18ClF3N8O. The number of aromatic nitrogens is 5. The van der Waals surface area contributed by atoms with Gasteiger partial charge in [0.15, 0.2) is 0 Å². The third-order valence-corrected chi connectivity index (χ3v) is 5.29. The molecule has 1 saturated heterocycles. The summed E-state index contributed by atoms with van der Waals surface area (Å²) in [5.74, 6) is -2.09. The lowest BCUT2D eigenvalue weighted by atomic mass is 10.0. The molecular weight excluding hydrogens is 437 g/mol. The second-order valence-corrected chi connectivity index (χ2v) is 7.54. The Morgan fingerprint density at radius 3 is 2.81 bits per heavy atom. The Labute approximate surface area is 179 Å². The summed E-state index contributed by atoms with van der Waals surface area (Å²) in [5.41, 5.74) is 0.941. The lowest BCUT2D eigenvalue weighted by Crippen LogP contribution is -2.38. The highest BCUT2D eigenvalue weighted by Crippen LogP contribution is 2.37. The summed E-state index contributed by atoms with van der Waals surface area (Å²) in [5, 5.41) is 10.5. The number of nitrogens with one attached hydrogen (secondary N) is 3. The molecule has 164 valence electrons. The Hall–Kier alpha value is -3.28. The molecule has 4 rings (SSSR count). The molecule has 13 heteroatoms. The average molecular weight is 455 g/mol. The van der Waals surface area contributed by atoms with Crippen LogP contribution in [0.4, 0.5) is 30.6 Å². The van der Waals surface area contributed by atoms with E-state index in [0.717, 1.165) is 11.0 Å². The number of carbonyl (C=O) groups excluding carboxylic acids is 1. The minimum absolute atomic E-state index is 0.120. The standard InChI is InChI=1S/C18H18ClF3N8O/c1-3-13(31)30-7-10(18(20,21)22)12(8-30)26-16-14-11(19)5-23-15(14)27-17(28-16)25-9-4-24-29(2)6-9/h3-6,10,12H,1,7-8H2,2H3,(H3,23,25,26,27,28)/t10-,12-/m0/s1. The van der Waals surface area contributed by atoms with E-state index >= 15 is 0 Å². The van der Waals surface area contributed by atoms with Gasteiger partial charge in [0.2, 0.25) is 11.9 Å². The molecule has 3 N–H and O–H groups in total. The van der Waals surface area contributed by atoms with Gasteiger partial charge in [-0.1, -0.05) is 18.2 Å². The van der Waals surface area contributed by atoms with Gasteiger partial charge in [-0.15, -0.1) is 0 Å². The summed E-state index contributed by atoms with van der Waals surface area (Å²) in [7, 11) is 1.74. The molecule has 3 aromatic rings. The lowest BCUT2D eigenvalue weighted by Gasteiger charge is -2.22. The molecule has 1 amide bonds. The lowest BCUT2D eigenvalue weighted by molar-refractivity contribution is -0.172. The summed E-state index contributed by atoms with van der Waals surface area (Å²) in [4.78, 5) is 24.6. The van der Waals surface area contributed by atoms with E-state index in [1.807, 2.05) is 0 Å². The number of fused-ring (bicyclic) bond motifs is 1. The molecule has 0 aliphatic carbocycles. The number of carbonyl (C=O) groups is 1. The van der Waals surface area contributed by atoms with Crippen LogP contribution in [0.25, 0.3) is 11.0 Å². The highest BCUT2D eigenvalue weighted by Gasteiger charge is 2.50. The molecule has 9 nitrogen and oxygen atoms in total. The Morgan fingerprint density at radius 1 is 1.39 bits per heavy atom. The van der Waals surface area contributed by atoms with Crippen molar-refractivity contribution in [2.24, 2.45) is 13.0 Å². The van der Waals surface area contributed by atoms with Crippen molar-refractivity contribution >= 4 is 46.0 Å². The highest BCUT2D eigenvalue weighted by atomic mass is 35.5. The number of alkyl halides is 3. The molecule has 0 bridgehead atoms. The minimum Gasteiger partial charge on any atom is -0.364 e. The number of hydrogen-bond acceptors (Lipinski definition) is 6. The van der Waals surface area contributed by atoms with E-state index in [9.17, 15) is 18.0 Å². The van der Waals surface area contributed by atoms with E-state index < -0.39 is 30.6 Å². The molecule has 2 atom stereocenters. The first-order chi connectivity index (χ1) is 14.7. The van der Waals surface area contributed by atoms with E-state index in [1.54, 1.807) is 24.1 Å². The topological polar surface area (TPSA) is 104 Å². The van der Waals surface area contributed by atoms with Crippen LogP contribution in [0.3, 0.4) is 0 Å². The van der Waals surface area contributed by atoms with Gasteiger partial charge in [-0.25, -0.2) is 0 Å². The average Bonchev–Trinajstić information content (AvgIpc) is 3.40. The molecule has 1 fully saturated rings. The number of likely N-dealkylation sites (tertiary alicyclic amines) is 1. The van der Waals surface area contributed by atoms with Crippen molar-refractivity contribution in [3.05, 3.63) is 36.3 Å². The Kier molecular flexibility index (Phi) is 5.25. The molecule has 0 radical (unpaired) electrons. The van der Waals surface area contributed by atoms with E-state index in [0.29, 0.717) is 16.7 Å². The molecule has 0 spiro atoms. The van der Waals surface area contributed by atoms with Crippen molar-refractivity contribution in [2.45, 2.75) is 12.2 Å². The predicted molar refractivity (Wildman–Crippen MR) is 109 cm³/mol. The van der Waals surface area contributed by atoms with Crippen LogP contribution in [-0.4, -0.2) is 60.8 Å². The zero-order valence-corrected chi connectivity index (χ0v) is 17.0. The normalized spacial score (nSPS) is 19.1. The van der Waals surface area contributed by atoms with Crippen LogP contribution in [0, 0.1) is 5.92 Å². The number of aromatic amines is 1. The predicted octanol–water partition coefficient (Wildman–Crippen LogP) is 3.08. The molecule has 3 aromatic heterocycles. The van der Waals surface area contributed by atoms with Gasteiger partial charge >= 0.3 is 6.18 Å². The van der Waals surface area contributed by atoms with Gasteiger partial charge in [-0.2, -0.15) is 28.2 Å². The molecule has 31 heavy (non-hydrogen) atoms. The molecule has 1 aliphatic heterocycles. The van der Waals surface area contributed by atoms with Gasteiger partial charge in [0.1, 0.15) is 11.5 Å². The van der Waals surface area contributed by atoms with Crippen molar-refractivity contribution in [2.75, 3.05) is 23.7 Å². The first kappa shape index (κ1) is 21.0. The van der Waals surface area contributed by atoms with Crippen LogP contribution in [-0.2, 0) is 11.8 Å². The first-order valence-corrected chi connectivity index (χ1v) is 9.58. The van der Waals surface area contributed by atoms with Gasteiger partial charge in [-0.3, -0.25) is 9.48 Å². The zero-order valence-electron chi connectivity index (χ0n) is 16.2. The van der Waals surface area contributed by atoms with Crippen LogP contribution < -0.4 is 10.6 Å². The van der Waals surface area contributed by atoms with Crippen LogP contribution in [0.2, 0.25) is 5.02 Å². The van der Waals surface area contributed by atoms with Gasteiger partial charge < -0.3 is 20.5 Å². The SMILES string of the molecule is C=CC(=O)N1C[C@H](Nc2nc(Nc3cnn(C)c3)nc3[nH]cc(Cl)c23)[C@@H](C(F)(F)F)C1. The number of nitrogens with zero attached hydrogens (tertiary/aromatic N) is 5. The molecule has 4 heterocycles. The highest BCUT2D eigenvalue weighted by molar-refractivity contribution is 6.36. The Bertz CT molecular complexity index is 1140. The van der Waals surface area contributed by atoms with Crippen LogP contribution in [0.15, 0.2) is 31.2 Å². The minimum atomic E-state index is -4.52. The quantitative estimate of drug-likeness (QED) is 0.512. The van der Waals surface area contributed by atoms with Gasteiger partial charge in [0.25, 0.3) is 0 Å². The van der Waals surface area contributed by atoms with Crippen molar-refractivity contribution in [1.29, 1.82) is 0 Å². The largest absolute Gasteiger partial charge is 0.395 e. The molecule has 0 unspecified atom stereocenters. The van der Waals surface area contributed by atoms with Crippen molar-refractivity contribution in [3.63, 3.8) is 0 Å². The maximum atomic E-state index is 13.7. The summed E-state index contributed by atoms with van der Waals surface area (Å²) in [6.07, 6.45) is 1.20. The number of H-pyrrole nitrogens is 1. The fraction of sp³-hybridized carbons (Fsp3) is 0.333. The number of hydrogen-bond donors (Lipinski definition) is 3. The van der Waals surface area contributed by atoms with E-state index in [1.165, 1.54) is 6.20 Å². The summed E-state index contributed by atoms with van der Waals surface area (Å²) >= 11 is 6.22. The second-order valence-electron chi connectivity index (χ2n) is 7.13. The van der Waals surface area contributed by atoms with E-state index in [-0.39, 0.29) is 23.3 Å². The molecule has 0 aromatic carbocycles. The first-order valence-electron chi connectivity index (χ1n) is 9.20. The van der Waals surface area contributed by atoms with Gasteiger partial charge in [-0.05, 0) is 6.08 Å². The second kappa shape index (κ2) is 7.76. The summed E-state index contributed by atoms with van der Waals surface area (Å²) in [6, 6.07) is -1.13. The maximum Gasteiger partial charge on any atom is 0.395 e. The fourth-order valence-electron chi connectivity index (χ4n) is 3.54. The Morgan fingerprint density at radius 2 is 2.16 bits per heavy atom. The van der Waals surface area contributed by atoms with Crippen molar-refractivity contribution < 1.29 is 18.0 Å². The monoisotopic (exact) mass is 454 g/mol. The molecule has 1 aliphatic rings. The number of amides is 1. The fourth-order valence-corrected chi connectivity index (χ4v) is 3.77. The zero-order chi connectivity index (χ0) is 22.3. The maximum absolute atomic E-state index is 13.7.